The smallest absolute Gasteiger partial charge is 0.306 e. The second-order valence-corrected chi connectivity index (χ2v) is 18.1. The zero-order valence-corrected chi connectivity index (χ0v) is 44.5. The Bertz CT molecular complexity index is 1470. The fourth-order valence-corrected chi connectivity index (χ4v) is 7.22. The molecule has 0 amide bonds. The van der Waals surface area contributed by atoms with E-state index in [1.54, 1.807) is 0 Å². The van der Waals surface area contributed by atoms with Crippen LogP contribution in [0.5, 0.6) is 0 Å². The third-order valence-corrected chi connectivity index (χ3v) is 11.4. The van der Waals surface area contributed by atoms with E-state index in [-0.39, 0.29) is 37.5 Å². The number of allylic oxidation sites excluding steroid dienone is 20. The Labute approximate surface area is 424 Å². The quantitative estimate of drug-likeness (QED) is 0.0262. The summed E-state index contributed by atoms with van der Waals surface area (Å²) in [5.74, 6) is -1.01. The molecular formula is C63H102O6. The molecule has 0 aromatic heterocycles. The van der Waals surface area contributed by atoms with Crippen LogP contribution in [-0.2, 0) is 28.6 Å². The number of unbranched alkanes of at least 4 members (excludes halogenated alkanes) is 18. The second kappa shape index (κ2) is 56.4. The molecule has 69 heavy (non-hydrogen) atoms. The van der Waals surface area contributed by atoms with Crippen molar-refractivity contribution in [3.63, 3.8) is 0 Å². The van der Waals surface area contributed by atoms with Gasteiger partial charge < -0.3 is 14.2 Å². The van der Waals surface area contributed by atoms with Gasteiger partial charge in [-0.25, -0.2) is 0 Å². The van der Waals surface area contributed by atoms with Gasteiger partial charge in [0.25, 0.3) is 0 Å². The van der Waals surface area contributed by atoms with Crippen LogP contribution in [0.2, 0.25) is 0 Å². The Hall–Kier alpha value is -4.19. The van der Waals surface area contributed by atoms with Gasteiger partial charge in [-0.05, 0) is 128 Å². The van der Waals surface area contributed by atoms with Gasteiger partial charge in [0.2, 0.25) is 0 Å². The molecule has 0 aliphatic carbocycles. The van der Waals surface area contributed by atoms with Crippen molar-refractivity contribution < 1.29 is 28.6 Å². The van der Waals surface area contributed by atoms with Gasteiger partial charge in [-0.1, -0.05) is 213 Å². The van der Waals surface area contributed by atoms with Crippen molar-refractivity contribution in [1.29, 1.82) is 0 Å². The largest absolute Gasteiger partial charge is 0.462 e. The van der Waals surface area contributed by atoms with Gasteiger partial charge in [0, 0.05) is 19.3 Å². The Balaban J connectivity index is 4.55. The van der Waals surface area contributed by atoms with Crippen LogP contribution in [0, 0.1) is 0 Å². The van der Waals surface area contributed by atoms with Crippen molar-refractivity contribution in [1.82, 2.24) is 0 Å². The van der Waals surface area contributed by atoms with E-state index in [0.717, 1.165) is 116 Å². The molecule has 6 nitrogen and oxygen atoms in total. The van der Waals surface area contributed by atoms with Gasteiger partial charge in [-0.3, -0.25) is 14.4 Å². The van der Waals surface area contributed by atoms with Crippen molar-refractivity contribution in [3.8, 4) is 0 Å². The zero-order chi connectivity index (χ0) is 50.0. The molecular weight excluding hydrogens is 853 g/mol. The maximum absolute atomic E-state index is 12.8. The minimum atomic E-state index is -0.824. The molecule has 0 fully saturated rings. The van der Waals surface area contributed by atoms with Gasteiger partial charge in [0.15, 0.2) is 6.10 Å². The van der Waals surface area contributed by atoms with Crippen molar-refractivity contribution in [2.45, 2.75) is 245 Å². The van der Waals surface area contributed by atoms with Crippen LogP contribution >= 0.6 is 0 Å². The number of hydrogen-bond acceptors (Lipinski definition) is 6. The van der Waals surface area contributed by atoms with Gasteiger partial charge in [-0.2, -0.15) is 0 Å². The molecule has 0 saturated heterocycles. The SMILES string of the molecule is CC/C=C\C/C=C\C/C=C\C/C=C\CCCCCCC(=O)OC[C@H](COC(=O)CCCCCCCCC/C=C\C/C=C\CCCCC)OC(=O)CCC/C=C\C/C=C\C/C=C\C/C=C\CCCCC. The van der Waals surface area contributed by atoms with E-state index in [0.29, 0.717) is 19.3 Å². The highest BCUT2D eigenvalue weighted by Gasteiger charge is 2.19. The number of rotatable bonds is 49. The lowest BCUT2D eigenvalue weighted by Crippen LogP contribution is -2.30. The van der Waals surface area contributed by atoms with E-state index in [1.807, 2.05) is 0 Å². The van der Waals surface area contributed by atoms with Gasteiger partial charge in [0.1, 0.15) is 13.2 Å². The van der Waals surface area contributed by atoms with E-state index in [9.17, 15) is 14.4 Å². The molecule has 0 radical (unpaired) electrons. The lowest BCUT2D eigenvalue weighted by Gasteiger charge is -2.18. The maximum Gasteiger partial charge on any atom is 0.306 e. The highest BCUT2D eigenvalue weighted by molar-refractivity contribution is 5.71. The summed E-state index contributed by atoms with van der Waals surface area (Å²) >= 11 is 0. The number of esters is 3. The molecule has 0 unspecified atom stereocenters. The van der Waals surface area contributed by atoms with Crippen molar-refractivity contribution >= 4 is 17.9 Å². The summed E-state index contributed by atoms with van der Waals surface area (Å²) in [5.41, 5.74) is 0. The van der Waals surface area contributed by atoms with Crippen LogP contribution in [0.15, 0.2) is 122 Å². The van der Waals surface area contributed by atoms with E-state index >= 15 is 0 Å². The first kappa shape index (κ1) is 64.8. The standard InChI is InChI=1S/C63H102O6/c1-4-7-10-13-16-19-22-25-28-31-34-37-40-43-46-49-52-55-61(64)67-58-60(69-63(66)57-54-51-48-45-42-39-36-33-30-27-24-21-18-15-12-9-6-3)59-68-62(65)56-53-50-47-44-41-38-35-32-29-26-23-20-17-14-11-8-5-2/h7,10,16-21,25-30,34,36-37,39,45,48,60H,4-6,8-9,11-15,22-24,31-33,35,38,40-44,46-47,49-59H2,1-3H3/b10-7-,19-16-,20-17-,21-18-,28-25-,29-26-,30-27-,37-34-,39-36-,48-45-/t60-/m1/s1. The Kier molecular flexibility index (Phi) is 53.0. The van der Waals surface area contributed by atoms with Gasteiger partial charge in [-0.15, -0.1) is 0 Å². The minimum Gasteiger partial charge on any atom is -0.462 e. The molecule has 0 spiro atoms. The summed E-state index contributed by atoms with van der Waals surface area (Å²) in [4.78, 5) is 38.1. The van der Waals surface area contributed by atoms with Crippen LogP contribution in [0.25, 0.3) is 0 Å². The summed E-state index contributed by atoms with van der Waals surface area (Å²) in [6.45, 7) is 6.39. The first-order valence-corrected chi connectivity index (χ1v) is 28.0. The van der Waals surface area contributed by atoms with E-state index < -0.39 is 6.10 Å². The van der Waals surface area contributed by atoms with E-state index in [1.165, 1.54) is 77.0 Å². The fraction of sp³-hybridized carbons (Fsp3) is 0.635. The van der Waals surface area contributed by atoms with Crippen molar-refractivity contribution in [3.05, 3.63) is 122 Å². The van der Waals surface area contributed by atoms with E-state index in [2.05, 4.69) is 142 Å². The lowest BCUT2D eigenvalue weighted by atomic mass is 10.1. The summed E-state index contributed by atoms with van der Waals surface area (Å²) in [6, 6.07) is 0. The van der Waals surface area contributed by atoms with Crippen LogP contribution in [0.1, 0.15) is 239 Å². The molecule has 6 heteroatoms. The topological polar surface area (TPSA) is 78.9 Å². The molecule has 0 heterocycles. The molecule has 0 aliphatic rings. The van der Waals surface area contributed by atoms with Crippen LogP contribution < -0.4 is 0 Å². The molecule has 0 aliphatic heterocycles. The monoisotopic (exact) mass is 955 g/mol. The first-order chi connectivity index (χ1) is 34.0. The van der Waals surface area contributed by atoms with Gasteiger partial charge >= 0.3 is 17.9 Å². The molecule has 0 aromatic carbocycles. The molecule has 0 saturated carbocycles. The van der Waals surface area contributed by atoms with Crippen molar-refractivity contribution in [2.75, 3.05) is 13.2 Å². The summed E-state index contributed by atoms with van der Waals surface area (Å²) in [5, 5.41) is 0. The summed E-state index contributed by atoms with van der Waals surface area (Å²) < 4.78 is 16.8. The third-order valence-electron chi connectivity index (χ3n) is 11.4. The zero-order valence-electron chi connectivity index (χ0n) is 44.5. The Morgan fingerprint density at radius 1 is 0.304 bits per heavy atom. The molecule has 0 N–H and O–H groups in total. The number of ether oxygens (including phenoxy) is 3. The third kappa shape index (κ3) is 54.6. The molecule has 1 atom stereocenters. The predicted octanol–water partition coefficient (Wildman–Crippen LogP) is 18.9. The number of carbonyl (C=O) groups is 3. The summed E-state index contributed by atoms with van der Waals surface area (Å²) in [6.07, 6.45) is 77.5. The highest BCUT2D eigenvalue weighted by atomic mass is 16.6. The predicted molar refractivity (Wildman–Crippen MR) is 297 cm³/mol. The second-order valence-electron chi connectivity index (χ2n) is 18.1. The fourth-order valence-electron chi connectivity index (χ4n) is 7.22. The van der Waals surface area contributed by atoms with Crippen LogP contribution in [0.4, 0.5) is 0 Å². The Morgan fingerprint density at radius 2 is 0.580 bits per heavy atom. The number of hydrogen-bond donors (Lipinski definition) is 0. The van der Waals surface area contributed by atoms with Crippen LogP contribution in [0.3, 0.4) is 0 Å². The molecule has 0 rings (SSSR count). The molecule has 0 aromatic rings. The Morgan fingerprint density at radius 3 is 0.928 bits per heavy atom. The van der Waals surface area contributed by atoms with Crippen LogP contribution in [-0.4, -0.2) is 37.2 Å². The molecule has 390 valence electrons. The average molecular weight is 956 g/mol. The average Bonchev–Trinajstić information content (AvgIpc) is 3.35. The highest BCUT2D eigenvalue weighted by Crippen LogP contribution is 2.13. The normalized spacial score (nSPS) is 13.0. The lowest BCUT2D eigenvalue weighted by molar-refractivity contribution is -0.167. The molecule has 0 bridgehead atoms. The first-order valence-electron chi connectivity index (χ1n) is 28.0. The van der Waals surface area contributed by atoms with Gasteiger partial charge in [0.05, 0.1) is 0 Å². The maximum atomic E-state index is 12.8. The van der Waals surface area contributed by atoms with E-state index in [4.69, 9.17) is 14.2 Å². The number of carbonyl (C=O) groups excluding carboxylic acids is 3. The minimum absolute atomic E-state index is 0.115. The van der Waals surface area contributed by atoms with Crippen molar-refractivity contribution in [2.24, 2.45) is 0 Å². The summed E-state index contributed by atoms with van der Waals surface area (Å²) in [7, 11) is 0.